The SMILES string of the molecule is Cn1nccc1-c1ccc(CNC(=O)Cn2ncccc2=O)cn1. The van der Waals surface area contributed by atoms with Gasteiger partial charge in [0.05, 0.1) is 11.4 Å². The number of nitrogens with zero attached hydrogens (tertiary/aromatic N) is 5. The quantitative estimate of drug-likeness (QED) is 0.731. The lowest BCUT2D eigenvalue weighted by atomic mass is 10.2. The zero-order chi connectivity index (χ0) is 16.9. The van der Waals surface area contributed by atoms with Gasteiger partial charge >= 0.3 is 0 Å². The van der Waals surface area contributed by atoms with Gasteiger partial charge in [0.25, 0.3) is 5.56 Å². The molecule has 0 atom stereocenters. The Balaban J connectivity index is 1.59. The van der Waals surface area contributed by atoms with Crippen LogP contribution in [0.5, 0.6) is 0 Å². The fraction of sp³-hybridized carbons (Fsp3) is 0.188. The van der Waals surface area contributed by atoms with Crippen LogP contribution in [0.3, 0.4) is 0 Å². The van der Waals surface area contributed by atoms with Crippen LogP contribution >= 0.6 is 0 Å². The minimum Gasteiger partial charge on any atom is -0.350 e. The van der Waals surface area contributed by atoms with Gasteiger partial charge in [-0.15, -0.1) is 0 Å². The number of hydrogen-bond donors (Lipinski definition) is 1. The molecule has 122 valence electrons. The molecular weight excluding hydrogens is 308 g/mol. The van der Waals surface area contributed by atoms with E-state index in [2.05, 4.69) is 20.5 Å². The van der Waals surface area contributed by atoms with Gasteiger partial charge in [0.2, 0.25) is 5.91 Å². The van der Waals surface area contributed by atoms with Crippen molar-refractivity contribution < 1.29 is 4.79 Å². The Bertz CT molecular complexity index is 897. The summed E-state index contributed by atoms with van der Waals surface area (Å²) in [5.74, 6) is -0.286. The second-order valence-electron chi connectivity index (χ2n) is 5.19. The van der Waals surface area contributed by atoms with Crippen molar-refractivity contribution in [3.63, 3.8) is 0 Å². The fourth-order valence-electron chi connectivity index (χ4n) is 2.20. The van der Waals surface area contributed by atoms with Crippen LogP contribution in [0.15, 0.2) is 53.7 Å². The number of aryl methyl sites for hydroxylation is 1. The summed E-state index contributed by atoms with van der Waals surface area (Å²) in [6.07, 6.45) is 4.88. The fourth-order valence-corrected chi connectivity index (χ4v) is 2.20. The predicted molar refractivity (Wildman–Crippen MR) is 86.8 cm³/mol. The third kappa shape index (κ3) is 3.54. The van der Waals surface area contributed by atoms with E-state index < -0.39 is 0 Å². The second kappa shape index (κ2) is 6.86. The Morgan fingerprint density at radius 1 is 1.17 bits per heavy atom. The van der Waals surface area contributed by atoms with Crippen molar-refractivity contribution >= 4 is 5.91 Å². The number of carbonyl (C=O) groups excluding carboxylic acids is 1. The zero-order valence-corrected chi connectivity index (χ0v) is 13.1. The molecular formula is C16H16N6O2. The normalized spacial score (nSPS) is 10.5. The lowest BCUT2D eigenvalue weighted by Crippen LogP contribution is -2.32. The van der Waals surface area contributed by atoms with Gasteiger partial charge in [0, 0.05) is 38.2 Å². The number of amides is 1. The molecule has 3 aromatic rings. The van der Waals surface area contributed by atoms with Gasteiger partial charge in [-0.05, 0) is 23.8 Å². The molecule has 0 fully saturated rings. The second-order valence-corrected chi connectivity index (χ2v) is 5.19. The standard InChI is InChI=1S/C16H16N6O2/c1-21-14(6-8-19-21)13-5-4-12(9-17-13)10-18-15(23)11-22-16(24)3-2-7-20-22/h2-9H,10-11H2,1H3,(H,18,23). The highest BCUT2D eigenvalue weighted by Gasteiger charge is 2.06. The Morgan fingerprint density at radius 2 is 2.04 bits per heavy atom. The van der Waals surface area contributed by atoms with E-state index in [0.717, 1.165) is 21.6 Å². The molecule has 1 N–H and O–H groups in total. The average Bonchev–Trinajstić information content (AvgIpc) is 3.02. The molecule has 0 radical (unpaired) electrons. The highest BCUT2D eigenvalue weighted by molar-refractivity contribution is 5.75. The Morgan fingerprint density at radius 3 is 2.71 bits per heavy atom. The van der Waals surface area contributed by atoms with Gasteiger partial charge in [-0.2, -0.15) is 10.2 Å². The molecule has 3 heterocycles. The minimum atomic E-state index is -0.310. The topological polar surface area (TPSA) is 94.7 Å². The van der Waals surface area contributed by atoms with Crippen LogP contribution < -0.4 is 10.9 Å². The van der Waals surface area contributed by atoms with Crippen molar-refractivity contribution in [2.45, 2.75) is 13.1 Å². The van der Waals surface area contributed by atoms with Crippen LogP contribution in [0.2, 0.25) is 0 Å². The molecule has 0 aliphatic heterocycles. The van der Waals surface area contributed by atoms with Crippen LogP contribution in [-0.2, 0) is 24.9 Å². The highest BCUT2D eigenvalue weighted by atomic mass is 16.2. The van der Waals surface area contributed by atoms with Crippen LogP contribution in [0.4, 0.5) is 0 Å². The monoisotopic (exact) mass is 324 g/mol. The number of carbonyl (C=O) groups is 1. The lowest BCUT2D eigenvalue weighted by Gasteiger charge is -2.07. The van der Waals surface area contributed by atoms with E-state index in [1.165, 1.54) is 18.3 Å². The lowest BCUT2D eigenvalue weighted by molar-refractivity contribution is -0.122. The zero-order valence-electron chi connectivity index (χ0n) is 13.1. The molecule has 0 saturated carbocycles. The van der Waals surface area contributed by atoms with Crippen molar-refractivity contribution in [3.8, 4) is 11.4 Å². The summed E-state index contributed by atoms with van der Waals surface area (Å²) >= 11 is 0. The average molecular weight is 324 g/mol. The third-order valence-electron chi connectivity index (χ3n) is 3.48. The van der Waals surface area contributed by atoms with Gasteiger partial charge in [-0.1, -0.05) is 6.07 Å². The van der Waals surface area contributed by atoms with E-state index in [4.69, 9.17) is 0 Å². The van der Waals surface area contributed by atoms with Gasteiger partial charge in [0.15, 0.2) is 0 Å². The molecule has 3 rings (SSSR count). The first-order valence-corrected chi connectivity index (χ1v) is 7.35. The van der Waals surface area contributed by atoms with E-state index in [0.29, 0.717) is 6.54 Å². The number of nitrogens with one attached hydrogen (secondary N) is 1. The molecule has 0 saturated heterocycles. The largest absolute Gasteiger partial charge is 0.350 e. The number of rotatable bonds is 5. The summed E-state index contributed by atoms with van der Waals surface area (Å²) in [7, 11) is 1.85. The first-order chi connectivity index (χ1) is 11.6. The maximum atomic E-state index is 11.9. The van der Waals surface area contributed by atoms with E-state index >= 15 is 0 Å². The van der Waals surface area contributed by atoms with E-state index in [-0.39, 0.29) is 18.0 Å². The van der Waals surface area contributed by atoms with Crippen molar-refractivity contribution in [1.82, 2.24) is 29.9 Å². The molecule has 0 spiro atoms. The van der Waals surface area contributed by atoms with Gasteiger partial charge in [-0.25, -0.2) is 4.68 Å². The smallest absolute Gasteiger partial charge is 0.267 e. The summed E-state index contributed by atoms with van der Waals surface area (Å²) in [6.45, 7) is 0.222. The highest BCUT2D eigenvalue weighted by Crippen LogP contribution is 2.15. The maximum Gasteiger partial charge on any atom is 0.267 e. The van der Waals surface area contributed by atoms with Crippen LogP contribution in [0, 0.1) is 0 Å². The summed E-state index contributed by atoms with van der Waals surface area (Å²) in [4.78, 5) is 27.8. The number of aromatic nitrogens is 5. The number of pyridine rings is 1. The molecule has 3 aromatic heterocycles. The van der Waals surface area contributed by atoms with Crippen LogP contribution in [0.25, 0.3) is 11.4 Å². The molecule has 0 bridgehead atoms. The minimum absolute atomic E-state index is 0.111. The van der Waals surface area contributed by atoms with Gasteiger partial charge in [-0.3, -0.25) is 19.3 Å². The maximum absolute atomic E-state index is 11.9. The predicted octanol–water partition coefficient (Wildman–Crippen LogP) is 0.355. The van der Waals surface area contributed by atoms with E-state index in [1.807, 2.05) is 25.2 Å². The molecule has 1 amide bonds. The van der Waals surface area contributed by atoms with E-state index in [9.17, 15) is 9.59 Å². The van der Waals surface area contributed by atoms with Gasteiger partial charge in [0.1, 0.15) is 6.54 Å². The van der Waals surface area contributed by atoms with Crippen molar-refractivity contribution in [1.29, 1.82) is 0 Å². The van der Waals surface area contributed by atoms with Crippen LogP contribution in [0.1, 0.15) is 5.56 Å². The summed E-state index contributed by atoms with van der Waals surface area (Å²) in [5.41, 5.74) is 2.28. The van der Waals surface area contributed by atoms with E-state index in [1.54, 1.807) is 17.1 Å². The Labute approximate surface area is 137 Å². The summed E-state index contributed by atoms with van der Waals surface area (Å²) < 4.78 is 2.85. The van der Waals surface area contributed by atoms with Crippen molar-refractivity contribution in [2.75, 3.05) is 0 Å². The number of hydrogen-bond acceptors (Lipinski definition) is 5. The first kappa shape index (κ1) is 15.6. The molecule has 24 heavy (non-hydrogen) atoms. The van der Waals surface area contributed by atoms with Gasteiger partial charge < -0.3 is 5.32 Å². The van der Waals surface area contributed by atoms with Crippen molar-refractivity contribution in [2.24, 2.45) is 7.05 Å². The molecule has 8 nitrogen and oxygen atoms in total. The molecule has 0 aromatic carbocycles. The molecule has 0 aliphatic carbocycles. The van der Waals surface area contributed by atoms with Crippen molar-refractivity contribution in [3.05, 3.63) is 64.8 Å². The molecule has 8 heteroatoms. The first-order valence-electron chi connectivity index (χ1n) is 7.35. The summed E-state index contributed by atoms with van der Waals surface area (Å²) in [6, 6.07) is 8.55. The third-order valence-corrected chi connectivity index (χ3v) is 3.48. The van der Waals surface area contributed by atoms with Crippen LogP contribution in [-0.4, -0.2) is 30.5 Å². The molecule has 0 unspecified atom stereocenters. The molecule has 0 aliphatic rings. The Hall–Kier alpha value is -3.29. The Kier molecular flexibility index (Phi) is 4.46. The summed E-state index contributed by atoms with van der Waals surface area (Å²) in [5, 5.41) is 10.7.